The summed E-state index contributed by atoms with van der Waals surface area (Å²) in [7, 11) is 0. The Kier molecular flexibility index (Phi) is 4.76. The third-order valence-corrected chi connectivity index (χ3v) is 3.67. The van der Waals surface area contributed by atoms with Gasteiger partial charge in [0.25, 0.3) is 0 Å². The number of nitrogens with zero attached hydrogens (tertiary/aromatic N) is 1. The molecule has 1 fully saturated rings. The predicted molar refractivity (Wildman–Crippen MR) is 85.1 cm³/mol. The number of nitrogen functional groups attached to an aromatic ring is 1. The van der Waals surface area contributed by atoms with Crippen LogP contribution in [0, 0.1) is 5.92 Å². The Morgan fingerprint density at radius 1 is 1.33 bits per heavy atom. The maximum atomic E-state index is 12.1. The van der Waals surface area contributed by atoms with Gasteiger partial charge in [0.2, 0.25) is 0 Å². The fourth-order valence-electron chi connectivity index (χ4n) is 2.71. The lowest BCUT2D eigenvalue weighted by molar-refractivity contribution is 0.0166. The highest BCUT2D eigenvalue weighted by atomic mass is 16.6. The van der Waals surface area contributed by atoms with Crippen LogP contribution in [-0.2, 0) is 11.2 Å². The highest BCUT2D eigenvalue weighted by Crippen LogP contribution is 2.23. The second kappa shape index (κ2) is 6.37. The van der Waals surface area contributed by atoms with Crippen LogP contribution in [0.2, 0.25) is 0 Å². The van der Waals surface area contributed by atoms with Crippen LogP contribution in [0.3, 0.4) is 0 Å². The van der Waals surface area contributed by atoms with E-state index >= 15 is 0 Å². The fourth-order valence-corrected chi connectivity index (χ4v) is 2.71. The van der Waals surface area contributed by atoms with Crippen LogP contribution in [-0.4, -0.2) is 29.7 Å². The summed E-state index contributed by atoms with van der Waals surface area (Å²) in [5.74, 6) is 0.495. The first kappa shape index (κ1) is 15.7. The Labute approximate surface area is 127 Å². The SMILES string of the molecule is CC(C)(C)OC(=O)N1CCC[C@H](Cc2ccc(N)cc2)C1. The van der Waals surface area contributed by atoms with Crippen LogP contribution in [0.5, 0.6) is 0 Å². The molecule has 0 bridgehead atoms. The van der Waals surface area contributed by atoms with E-state index < -0.39 is 5.60 Å². The van der Waals surface area contributed by atoms with E-state index in [1.165, 1.54) is 5.56 Å². The fraction of sp³-hybridized carbons (Fsp3) is 0.588. The van der Waals surface area contributed by atoms with Crippen molar-refractivity contribution in [3.8, 4) is 0 Å². The van der Waals surface area contributed by atoms with Crippen molar-refractivity contribution < 1.29 is 9.53 Å². The quantitative estimate of drug-likeness (QED) is 0.849. The summed E-state index contributed by atoms with van der Waals surface area (Å²) in [6.45, 7) is 7.29. The number of amides is 1. The zero-order valence-corrected chi connectivity index (χ0v) is 13.3. The van der Waals surface area contributed by atoms with Crippen LogP contribution >= 0.6 is 0 Å². The zero-order valence-electron chi connectivity index (χ0n) is 13.3. The molecule has 1 aromatic carbocycles. The monoisotopic (exact) mass is 290 g/mol. The molecular formula is C17H26N2O2. The van der Waals surface area contributed by atoms with Gasteiger partial charge in [0.1, 0.15) is 5.60 Å². The van der Waals surface area contributed by atoms with Crippen LogP contribution < -0.4 is 5.73 Å². The second-order valence-corrected chi connectivity index (χ2v) is 6.88. The van der Waals surface area contributed by atoms with E-state index in [4.69, 9.17) is 10.5 Å². The molecule has 0 unspecified atom stereocenters. The lowest BCUT2D eigenvalue weighted by Gasteiger charge is -2.34. The standard InChI is InChI=1S/C17H26N2O2/c1-17(2,3)21-16(20)19-10-4-5-14(12-19)11-13-6-8-15(18)9-7-13/h6-9,14H,4-5,10-12,18H2,1-3H3/t14-/m1/s1. The molecule has 1 heterocycles. The molecule has 2 rings (SSSR count). The predicted octanol–water partition coefficient (Wildman–Crippen LogP) is 3.46. The van der Waals surface area contributed by atoms with Crippen LogP contribution in [0.4, 0.5) is 10.5 Å². The lowest BCUT2D eigenvalue weighted by atomic mass is 9.91. The number of nitrogens with two attached hydrogens (primary N) is 1. The second-order valence-electron chi connectivity index (χ2n) is 6.88. The van der Waals surface area contributed by atoms with Crippen LogP contribution in [0.25, 0.3) is 0 Å². The van der Waals surface area contributed by atoms with Crippen molar-refractivity contribution in [2.75, 3.05) is 18.8 Å². The molecular weight excluding hydrogens is 264 g/mol. The van der Waals surface area contributed by atoms with Crippen LogP contribution in [0.1, 0.15) is 39.2 Å². The van der Waals surface area contributed by atoms with Gasteiger partial charge in [0, 0.05) is 18.8 Å². The van der Waals surface area contributed by atoms with Crippen molar-refractivity contribution in [2.24, 2.45) is 5.92 Å². The summed E-state index contributed by atoms with van der Waals surface area (Å²) in [5, 5.41) is 0. The van der Waals surface area contributed by atoms with Crippen molar-refractivity contribution in [3.05, 3.63) is 29.8 Å². The van der Waals surface area contributed by atoms with Gasteiger partial charge in [-0.1, -0.05) is 12.1 Å². The summed E-state index contributed by atoms with van der Waals surface area (Å²) in [5.41, 5.74) is 7.35. The van der Waals surface area contributed by atoms with Gasteiger partial charge in [-0.15, -0.1) is 0 Å². The number of anilines is 1. The molecule has 4 nitrogen and oxygen atoms in total. The first-order chi connectivity index (χ1) is 9.83. The number of benzene rings is 1. The van der Waals surface area contributed by atoms with Gasteiger partial charge in [0.05, 0.1) is 0 Å². The molecule has 0 aliphatic carbocycles. The van der Waals surface area contributed by atoms with E-state index in [0.29, 0.717) is 5.92 Å². The molecule has 0 saturated carbocycles. The first-order valence-corrected chi connectivity index (χ1v) is 7.66. The minimum Gasteiger partial charge on any atom is -0.444 e. The van der Waals surface area contributed by atoms with Gasteiger partial charge in [-0.2, -0.15) is 0 Å². The topological polar surface area (TPSA) is 55.6 Å². The van der Waals surface area contributed by atoms with Crippen molar-refractivity contribution in [1.29, 1.82) is 0 Å². The molecule has 1 amide bonds. The Morgan fingerprint density at radius 3 is 2.62 bits per heavy atom. The third-order valence-electron chi connectivity index (χ3n) is 3.67. The molecule has 1 saturated heterocycles. The summed E-state index contributed by atoms with van der Waals surface area (Å²) < 4.78 is 5.46. The normalized spacial score (nSPS) is 19.4. The van der Waals surface area contributed by atoms with Crippen LogP contribution in [0.15, 0.2) is 24.3 Å². The number of rotatable bonds is 2. The highest BCUT2D eigenvalue weighted by molar-refractivity contribution is 5.68. The van der Waals surface area contributed by atoms with E-state index in [1.54, 1.807) is 0 Å². The molecule has 1 atom stereocenters. The molecule has 2 N–H and O–H groups in total. The summed E-state index contributed by atoms with van der Waals surface area (Å²) in [4.78, 5) is 14.0. The summed E-state index contributed by atoms with van der Waals surface area (Å²) in [6, 6.07) is 8.01. The number of hydrogen-bond acceptors (Lipinski definition) is 3. The number of piperidine rings is 1. The Morgan fingerprint density at radius 2 is 2.00 bits per heavy atom. The van der Waals surface area contributed by atoms with Crippen molar-refractivity contribution in [2.45, 2.75) is 45.6 Å². The Bertz CT molecular complexity index is 477. The smallest absolute Gasteiger partial charge is 0.410 e. The van der Waals surface area contributed by atoms with Gasteiger partial charge in [0.15, 0.2) is 0 Å². The molecule has 1 aliphatic rings. The number of ether oxygens (including phenoxy) is 1. The van der Waals surface area contributed by atoms with E-state index in [1.807, 2.05) is 37.8 Å². The molecule has 4 heteroatoms. The Balaban J connectivity index is 1.91. The number of carbonyl (C=O) groups excluding carboxylic acids is 1. The van der Waals surface area contributed by atoms with Crippen molar-refractivity contribution >= 4 is 11.8 Å². The van der Waals surface area contributed by atoms with Gasteiger partial charge >= 0.3 is 6.09 Å². The molecule has 0 radical (unpaired) electrons. The summed E-state index contributed by atoms with van der Waals surface area (Å²) >= 11 is 0. The van der Waals surface area contributed by atoms with Gasteiger partial charge in [-0.25, -0.2) is 4.79 Å². The van der Waals surface area contributed by atoms with Crippen molar-refractivity contribution in [3.63, 3.8) is 0 Å². The van der Waals surface area contributed by atoms with Gasteiger partial charge in [-0.05, 0) is 63.6 Å². The minimum absolute atomic E-state index is 0.190. The van der Waals surface area contributed by atoms with E-state index in [0.717, 1.165) is 38.0 Å². The first-order valence-electron chi connectivity index (χ1n) is 7.66. The maximum Gasteiger partial charge on any atom is 0.410 e. The van der Waals surface area contributed by atoms with E-state index in [-0.39, 0.29) is 6.09 Å². The van der Waals surface area contributed by atoms with Crippen molar-refractivity contribution in [1.82, 2.24) is 4.90 Å². The maximum absolute atomic E-state index is 12.1. The minimum atomic E-state index is -0.430. The third kappa shape index (κ3) is 4.96. The molecule has 1 aliphatic heterocycles. The van der Waals surface area contributed by atoms with E-state index in [9.17, 15) is 4.79 Å². The zero-order chi connectivity index (χ0) is 15.5. The largest absolute Gasteiger partial charge is 0.444 e. The molecule has 21 heavy (non-hydrogen) atoms. The average molecular weight is 290 g/mol. The van der Waals surface area contributed by atoms with Gasteiger partial charge in [-0.3, -0.25) is 0 Å². The number of hydrogen-bond donors (Lipinski definition) is 1. The number of likely N-dealkylation sites (tertiary alicyclic amines) is 1. The highest BCUT2D eigenvalue weighted by Gasteiger charge is 2.27. The average Bonchev–Trinajstić information content (AvgIpc) is 2.40. The molecule has 116 valence electrons. The molecule has 1 aromatic rings. The van der Waals surface area contributed by atoms with Gasteiger partial charge < -0.3 is 15.4 Å². The van der Waals surface area contributed by atoms with E-state index in [2.05, 4.69) is 12.1 Å². The Hall–Kier alpha value is -1.71. The molecule has 0 aromatic heterocycles. The lowest BCUT2D eigenvalue weighted by Crippen LogP contribution is -2.43. The summed E-state index contributed by atoms with van der Waals surface area (Å²) in [6.07, 6.45) is 2.99. The molecule has 0 spiro atoms. The number of carbonyl (C=O) groups is 1.